The van der Waals surface area contributed by atoms with E-state index in [1.807, 2.05) is 0 Å². The van der Waals surface area contributed by atoms with Crippen LogP contribution in [0.5, 0.6) is 5.75 Å². The first-order valence-electron chi connectivity index (χ1n) is 7.19. The monoisotopic (exact) mass is 353 g/mol. The maximum absolute atomic E-state index is 12.8. The van der Waals surface area contributed by atoms with Crippen LogP contribution in [0.1, 0.15) is 6.92 Å². The maximum atomic E-state index is 12.8. The van der Waals surface area contributed by atoms with Crippen LogP contribution in [0.25, 0.3) is 0 Å². The third-order valence-electron chi connectivity index (χ3n) is 3.24. The molecule has 0 saturated heterocycles. The minimum Gasteiger partial charge on any atom is -0.443 e. The number of nitrogens with one attached hydrogen (secondary N) is 1. The SMILES string of the molecule is CC(CNC(=O)[C@H]1OC(Oc2ccc(F)cc2)=CC1=O)N(O)C(N)=O. The van der Waals surface area contributed by atoms with Crippen molar-refractivity contribution in [3.63, 3.8) is 0 Å². The zero-order valence-electron chi connectivity index (χ0n) is 13.1. The summed E-state index contributed by atoms with van der Waals surface area (Å²) in [5, 5.41) is 11.9. The number of hydrogen-bond donors (Lipinski definition) is 3. The molecule has 1 aromatic rings. The van der Waals surface area contributed by atoms with Crippen molar-refractivity contribution >= 4 is 17.7 Å². The van der Waals surface area contributed by atoms with Gasteiger partial charge in [0.25, 0.3) is 11.9 Å². The molecule has 1 aliphatic rings. The number of carbonyl (C=O) groups is 3. The van der Waals surface area contributed by atoms with Gasteiger partial charge in [-0.3, -0.25) is 14.8 Å². The second-order valence-corrected chi connectivity index (χ2v) is 5.20. The number of urea groups is 1. The number of rotatable bonds is 6. The topological polar surface area (TPSA) is 131 Å². The van der Waals surface area contributed by atoms with Gasteiger partial charge in [-0.25, -0.2) is 14.2 Å². The Labute approximate surface area is 141 Å². The van der Waals surface area contributed by atoms with Gasteiger partial charge in [-0.2, -0.15) is 0 Å². The molecule has 0 spiro atoms. The molecule has 9 nitrogen and oxygen atoms in total. The fraction of sp³-hybridized carbons (Fsp3) is 0.267. The van der Waals surface area contributed by atoms with Crippen molar-refractivity contribution in [3.8, 4) is 5.75 Å². The Balaban J connectivity index is 1.87. The molecular weight excluding hydrogens is 337 g/mol. The van der Waals surface area contributed by atoms with Crippen LogP contribution >= 0.6 is 0 Å². The van der Waals surface area contributed by atoms with E-state index >= 15 is 0 Å². The second kappa shape index (κ2) is 7.62. The number of nitrogens with zero attached hydrogens (tertiary/aromatic N) is 1. The molecule has 3 amide bonds. The van der Waals surface area contributed by atoms with E-state index in [2.05, 4.69) is 5.32 Å². The van der Waals surface area contributed by atoms with Crippen LogP contribution in [0.4, 0.5) is 9.18 Å². The van der Waals surface area contributed by atoms with E-state index in [1.54, 1.807) is 0 Å². The number of hydroxylamine groups is 2. The van der Waals surface area contributed by atoms with Crippen molar-refractivity contribution in [3.05, 3.63) is 42.1 Å². The highest BCUT2D eigenvalue weighted by atomic mass is 19.1. The highest BCUT2D eigenvalue weighted by Gasteiger charge is 2.35. The fourth-order valence-corrected chi connectivity index (χ4v) is 1.90. The smallest absolute Gasteiger partial charge is 0.338 e. The molecule has 134 valence electrons. The van der Waals surface area contributed by atoms with Crippen molar-refractivity contribution in [1.29, 1.82) is 0 Å². The molecule has 2 rings (SSSR count). The van der Waals surface area contributed by atoms with Gasteiger partial charge in [-0.1, -0.05) is 0 Å². The molecular formula is C15H16FN3O6. The number of benzene rings is 1. The van der Waals surface area contributed by atoms with Crippen LogP contribution in [-0.2, 0) is 14.3 Å². The van der Waals surface area contributed by atoms with Crippen molar-refractivity contribution in [2.45, 2.75) is 19.1 Å². The third kappa shape index (κ3) is 4.67. The Morgan fingerprint density at radius 3 is 2.68 bits per heavy atom. The van der Waals surface area contributed by atoms with Crippen LogP contribution in [0.2, 0.25) is 0 Å². The van der Waals surface area contributed by atoms with Crippen molar-refractivity contribution in [2.24, 2.45) is 5.73 Å². The van der Waals surface area contributed by atoms with Crippen LogP contribution in [0, 0.1) is 5.82 Å². The largest absolute Gasteiger partial charge is 0.443 e. The fourth-order valence-electron chi connectivity index (χ4n) is 1.90. The number of ether oxygens (including phenoxy) is 2. The summed E-state index contributed by atoms with van der Waals surface area (Å²) in [7, 11) is 0. The van der Waals surface area contributed by atoms with Crippen LogP contribution in [0.15, 0.2) is 36.3 Å². The molecule has 0 bridgehead atoms. The Bertz CT molecular complexity index is 706. The quantitative estimate of drug-likeness (QED) is 0.383. The summed E-state index contributed by atoms with van der Waals surface area (Å²) in [5.41, 5.74) is 4.89. The minimum atomic E-state index is -1.46. The van der Waals surface area contributed by atoms with E-state index in [4.69, 9.17) is 15.2 Å². The number of amides is 3. The lowest BCUT2D eigenvalue weighted by Gasteiger charge is -2.21. The van der Waals surface area contributed by atoms with Crippen molar-refractivity contribution in [2.75, 3.05) is 6.54 Å². The predicted octanol–water partition coefficient (Wildman–Crippen LogP) is 0.288. The molecule has 0 saturated carbocycles. The molecule has 1 unspecified atom stereocenters. The van der Waals surface area contributed by atoms with Gasteiger partial charge < -0.3 is 20.5 Å². The molecule has 0 aromatic heterocycles. The molecule has 1 heterocycles. The minimum absolute atomic E-state index is 0.153. The van der Waals surface area contributed by atoms with E-state index in [-0.39, 0.29) is 23.3 Å². The Kier molecular flexibility index (Phi) is 5.55. The average Bonchev–Trinajstić information content (AvgIpc) is 2.94. The van der Waals surface area contributed by atoms with E-state index < -0.39 is 35.7 Å². The Hall–Kier alpha value is -3.14. The number of carbonyl (C=O) groups excluding carboxylic acids is 3. The van der Waals surface area contributed by atoms with Gasteiger partial charge in [-0.15, -0.1) is 0 Å². The summed E-state index contributed by atoms with van der Waals surface area (Å²) in [5.74, 6) is -1.84. The van der Waals surface area contributed by atoms with Crippen molar-refractivity contribution in [1.82, 2.24) is 10.4 Å². The molecule has 1 aliphatic heterocycles. The van der Waals surface area contributed by atoms with E-state index in [9.17, 15) is 24.0 Å². The molecule has 4 N–H and O–H groups in total. The number of ketones is 1. The molecule has 0 fully saturated rings. The number of halogens is 1. The lowest BCUT2D eigenvalue weighted by molar-refractivity contribution is -0.138. The molecule has 25 heavy (non-hydrogen) atoms. The lowest BCUT2D eigenvalue weighted by Crippen LogP contribution is -2.48. The molecule has 0 aliphatic carbocycles. The summed E-state index contributed by atoms with van der Waals surface area (Å²) in [6, 6.07) is 3.11. The highest BCUT2D eigenvalue weighted by molar-refractivity contribution is 6.11. The standard InChI is InChI=1S/C15H16FN3O6/c1-8(19(23)15(17)22)7-18-14(21)13-11(20)6-12(25-13)24-10-4-2-9(16)3-5-10/h2-6,8,13,23H,7H2,1H3,(H2,17,22)(H,18,21)/t8?,13-/m0/s1. The molecule has 10 heteroatoms. The first-order valence-corrected chi connectivity index (χ1v) is 7.19. The molecule has 1 aromatic carbocycles. The zero-order chi connectivity index (χ0) is 18.6. The highest BCUT2D eigenvalue weighted by Crippen LogP contribution is 2.20. The lowest BCUT2D eigenvalue weighted by atomic mass is 10.2. The third-order valence-corrected chi connectivity index (χ3v) is 3.24. The normalized spacial score (nSPS) is 17.3. The second-order valence-electron chi connectivity index (χ2n) is 5.20. The number of nitrogens with two attached hydrogens (primary N) is 1. The van der Waals surface area contributed by atoms with Gasteiger partial charge in [0.2, 0.25) is 11.9 Å². The van der Waals surface area contributed by atoms with Crippen LogP contribution in [0.3, 0.4) is 0 Å². The van der Waals surface area contributed by atoms with Gasteiger partial charge in [0, 0.05) is 6.54 Å². The first-order chi connectivity index (χ1) is 11.8. The van der Waals surface area contributed by atoms with E-state index in [0.717, 1.165) is 18.2 Å². The zero-order valence-corrected chi connectivity index (χ0v) is 13.1. The van der Waals surface area contributed by atoms with E-state index in [1.165, 1.54) is 19.1 Å². The van der Waals surface area contributed by atoms with E-state index in [0.29, 0.717) is 0 Å². The summed E-state index contributed by atoms with van der Waals surface area (Å²) in [6.07, 6.45) is -0.456. The van der Waals surface area contributed by atoms with Crippen molar-refractivity contribution < 1.29 is 33.5 Å². The summed E-state index contributed by atoms with van der Waals surface area (Å²) >= 11 is 0. The van der Waals surface area contributed by atoms with Gasteiger partial charge in [0.05, 0.1) is 12.1 Å². The predicted molar refractivity (Wildman–Crippen MR) is 80.7 cm³/mol. The number of hydrogen-bond acceptors (Lipinski definition) is 6. The summed E-state index contributed by atoms with van der Waals surface area (Å²) in [6.45, 7) is 1.28. The van der Waals surface area contributed by atoms with Crippen LogP contribution in [-0.4, -0.2) is 46.7 Å². The Morgan fingerprint density at radius 2 is 2.08 bits per heavy atom. The van der Waals surface area contributed by atoms with Crippen LogP contribution < -0.4 is 15.8 Å². The molecule has 0 radical (unpaired) electrons. The average molecular weight is 353 g/mol. The maximum Gasteiger partial charge on any atom is 0.338 e. The Morgan fingerprint density at radius 1 is 1.44 bits per heavy atom. The summed E-state index contributed by atoms with van der Waals surface area (Å²) in [4.78, 5) is 34.6. The van der Waals surface area contributed by atoms with Gasteiger partial charge in [-0.05, 0) is 31.2 Å². The molecule has 2 atom stereocenters. The first kappa shape index (κ1) is 18.2. The number of primary amides is 1. The van der Waals surface area contributed by atoms with Gasteiger partial charge in [0.1, 0.15) is 11.6 Å². The summed E-state index contributed by atoms with van der Waals surface area (Å²) < 4.78 is 23.2. The van der Waals surface area contributed by atoms with Gasteiger partial charge in [0.15, 0.2) is 0 Å². The van der Waals surface area contributed by atoms with Gasteiger partial charge >= 0.3 is 6.03 Å².